The summed E-state index contributed by atoms with van der Waals surface area (Å²) in [6.45, 7) is 3.81. The van der Waals surface area contributed by atoms with Gasteiger partial charge in [0.15, 0.2) is 5.69 Å². The summed E-state index contributed by atoms with van der Waals surface area (Å²) in [5, 5.41) is 7.13. The van der Waals surface area contributed by atoms with Gasteiger partial charge in [0.1, 0.15) is 0 Å². The van der Waals surface area contributed by atoms with Crippen LogP contribution >= 0.6 is 0 Å². The van der Waals surface area contributed by atoms with Crippen molar-refractivity contribution in [3.63, 3.8) is 0 Å². The number of amides is 2. The minimum atomic E-state index is -0.238. The molecule has 162 valence electrons. The number of nitrogens with one attached hydrogen (secondary N) is 1. The highest BCUT2D eigenvalue weighted by molar-refractivity contribution is 5.95. The first-order chi connectivity index (χ1) is 14.3. The predicted octanol–water partition coefficient (Wildman–Crippen LogP) is 0.590. The second-order valence-corrected chi connectivity index (χ2v) is 7.64. The predicted molar refractivity (Wildman–Crippen MR) is 112 cm³/mol. The number of carbonyl (C=O) groups is 2. The van der Waals surface area contributed by atoms with Crippen molar-refractivity contribution < 1.29 is 14.3 Å². The molecule has 0 spiro atoms. The molecule has 10 nitrogen and oxygen atoms in total. The first-order valence-electron chi connectivity index (χ1n) is 9.93. The van der Waals surface area contributed by atoms with Crippen molar-refractivity contribution in [2.75, 3.05) is 52.3 Å². The molecule has 2 amide bonds. The molecule has 30 heavy (non-hydrogen) atoms. The molecule has 1 N–H and O–H groups in total. The quantitative estimate of drug-likeness (QED) is 0.660. The van der Waals surface area contributed by atoms with E-state index in [1.165, 1.54) is 0 Å². The van der Waals surface area contributed by atoms with Crippen molar-refractivity contribution >= 4 is 17.8 Å². The van der Waals surface area contributed by atoms with E-state index < -0.39 is 0 Å². The Morgan fingerprint density at radius 1 is 1.37 bits per heavy atom. The van der Waals surface area contributed by atoms with E-state index in [-0.39, 0.29) is 17.7 Å². The summed E-state index contributed by atoms with van der Waals surface area (Å²) in [6.07, 6.45) is 2.28. The molecule has 0 aromatic carbocycles. The third kappa shape index (κ3) is 4.59. The zero-order valence-corrected chi connectivity index (χ0v) is 18.2. The molecule has 2 aromatic heterocycles. The van der Waals surface area contributed by atoms with Gasteiger partial charge in [0.25, 0.3) is 11.8 Å². The third-order valence-corrected chi connectivity index (χ3v) is 5.24. The maximum atomic E-state index is 12.9. The number of rotatable bonds is 7. The highest BCUT2D eigenvalue weighted by Crippen LogP contribution is 2.30. The van der Waals surface area contributed by atoms with Crippen LogP contribution < -0.4 is 10.2 Å². The van der Waals surface area contributed by atoms with Crippen LogP contribution in [0.2, 0.25) is 0 Å². The number of methoxy groups -OCH3 is 1. The minimum Gasteiger partial charge on any atom is -0.383 e. The molecule has 1 fully saturated rings. The number of aryl methyl sites for hydroxylation is 2. The Bertz CT molecular complexity index is 906. The highest BCUT2D eigenvalue weighted by Gasteiger charge is 2.33. The minimum absolute atomic E-state index is 0.0522. The van der Waals surface area contributed by atoms with Gasteiger partial charge in [-0.15, -0.1) is 0 Å². The average Bonchev–Trinajstić information content (AvgIpc) is 3.34. The molecule has 2 aromatic rings. The van der Waals surface area contributed by atoms with Gasteiger partial charge in [-0.3, -0.25) is 14.3 Å². The lowest BCUT2D eigenvalue weighted by atomic mass is 9.99. The molecule has 1 saturated heterocycles. The fraction of sp³-hybridized carbons (Fsp3) is 0.550. The number of aromatic nitrogens is 4. The van der Waals surface area contributed by atoms with E-state index in [0.29, 0.717) is 49.1 Å². The summed E-state index contributed by atoms with van der Waals surface area (Å²) in [6, 6.07) is 1.79. The Kier molecular flexibility index (Phi) is 6.66. The number of anilines is 1. The van der Waals surface area contributed by atoms with Crippen molar-refractivity contribution in [2.24, 2.45) is 7.05 Å². The number of hydrogen-bond donors (Lipinski definition) is 1. The van der Waals surface area contributed by atoms with Crippen molar-refractivity contribution in [1.29, 1.82) is 0 Å². The Morgan fingerprint density at radius 2 is 2.13 bits per heavy atom. The van der Waals surface area contributed by atoms with E-state index in [9.17, 15) is 9.59 Å². The summed E-state index contributed by atoms with van der Waals surface area (Å²) in [7, 11) is 7.10. The van der Waals surface area contributed by atoms with Gasteiger partial charge < -0.3 is 19.9 Å². The molecule has 0 bridgehead atoms. The van der Waals surface area contributed by atoms with Gasteiger partial charge in [0.2, 0.25) is 5.95 Å². The van der Waals surface area contributed by atoms with Gasteiger partial charge in [-0.2, -0.15) is 5.10 Å². The Balaban J connectivity index is 1.82. The summed E-state index contributed by atoms with van der Waals surface area (Å²) < 4.78 is 6.69. The summed E-state index contributed by atoms with van der Waals surface area (Å²) in [5.41, 5.74) is 2.46. The molecule has 1 aliphatic rings. The van der Waals surface area contributed by atoms with Crippen LogP contribution in [0.1, 0.15) is 44.6 Å². The molecule has 1 unspecified atom stereocenters. The van der Waals surface area contributed by atoms with Crippen LogP contribution in [0.15, 0.2) is 12.3 Å². The first-order valence-corrected chi connectivity index (χ1v) is 9.93. The Labute approximate surface area is 176 Å². The SMILES string of the molecule is COCCNC(=O)c1cnc(N(C)C)nc1C1CCN(C(=O)c2cc(C)n(C)n2)C1. The van der Waals surface area contributed by atoms with Gasteiger partial charge in [-0.05, 0) is 19.4 Å². The second kappa shape index (κ2) is 9.21. The van der Waals surface area contributed by atoms with Crippen LogP contribution in [0.25, 0.3) is 0 Å². The topological polar surface area (TPSA) is 105 Å². The van der Waals surface area contributed by atoms with Crippen molar-refractivity contribution in [1.82, 2.24) is 30.0 Å². The normalized spacial score (nSPS) is 16.0. The summed E-state index contributed by atoms with van der Waals surface area (Å²) in [4.78, 5) is 38.1. The molecule has 0 saturated carbocycles. The molecule has 1 aliphatic heterocycles. The van der Waals surface area contributed by atoms with E-state index in [2.05, 4.69) is 20.4 Å². The highest BCUT2D eigenvalue weighted by atomic mass is 16.5. The molecule has 3 rings (SSSR count). The number of likely N-dealkylation sites (tertiary alicyclic amines) is 1. The average molecular weight is 415 g/mol. The molecule has 0 radical (unpaired) electrons. The van der Waals surface area contributed by atoms with Crippen LogP contribution in [0.3, 0.4) is 0 Å². The van der Waals surface area contributed by atoms with Crippen LogP contribution in [0, 0.1) is 6.92 Å². The van der Waals surface area contributed by atoms with Gasteiger partial charge in [-0.1, -0.05) is 0 Å². The Morgan fingerprint density at radius 3 is 2.77 bits per heavy atom. The summed E-state index contributed by atoms with van der Waals surface area (Å²) in [5.74, 6) is 0.138. The summed E-state index contributed by atoms with van der Waals surface area (Å²) >= 11 is 0. The number of carbonyl (C=O) groups excluding carboxylic acids is 2. The third-order valence-electron chi connectivity index (χ3n) is 5.24. The lowest BCUT2D eigenvalue weighted by molar-refractivity contribution is 0.0784. The molecule has 1 atom stereocenters. The fourth-order valence-corrected chi connectivity index (χ4v) is 3.44. The van der Waals surface area contributed by atoms with Gasteiger partial charge in [0.05, 0.1) is 17.9 Å². The van der Waals surface area contributed by atoms with Gasteiger partial charge in [0, 0.05) is 65.7 Å². The van der Waals surface area contributed by atoms with E-state index >= 15 is 0 Å². The lowest BCUT2D eigenvalue weighted by Gasteiger charge is -2.19. The van der Waals surface area contributed by atoms with E-state index in [1.54, 1.807) is 33.9 Å². The smallest absolute Gasteiger partial charge is 0.274 e. The van der Waals surface area contributed by atoms with E-state index in [1.807, 2.05) is 28.1 Å². The maximum absolute atomic E-state index is 12.9. The van der Waals surface area contributed by atoms with Crippen LogP contribution in [0.4, 0.5) is 5.95 Å². The maximum Gasteiger partial charge on any atom is 0.274 e. The molecular weight excluding hydrogens is 386 g/mol. The monoisotopic (exact) mass is 415 g/mol. The van der Waals surface area contributed by atoms with Crippen LogP contribution in [-0.2, 0) is 11.8 Å². The van der Waals surface area contributed by atoms with Crippen LogP contribution in [0.5, 0.6) is 0 Å². The molecule has 3 heterocycles. The number of ether oxygens (including phenoxy) is 1. The fourth-order valence-electron chi connectivity index (χ4n) is 3.44. The zero-order valence-electron chi connectivity index (χ0n) is 18.2. The number of hydrogen-bond acceptors (Lipinski definition) is 7. The first kappa shape index (κ1) is 21.7. The van der Waals surface area contributed by atoms with Gasteiger partial charge >= 0.3 is 0 Å². The molecule has 10 heteroatoms. The van der Waals surface area contributed by atoms with Crippen molar-refractivity contribution in [2.45, 2.75) is 19.3 Å². The number of nitrogens with zero attached hydrogens (tertiary/aromatic N) is 6. The van der Waals surface area contributed by atoms with Crippen LogP contribution in [-0.4, -0.2) is 83.9 Å². The van der Waals surface area contributed by atoms with Gasteiger partial charge in [-0.25, -0.2) is 9.97 Å². The van der Waals surface area contributed by atoms with Crippen molar-refractivity contribution in [3.05, 3.63) is 34.9 Å². The molecular formula is C20H29N7O3. The largest absolute Gasteiger partial charge is 0.383 e. The van der Waals surface area contributed by atoms with E-state index in [0.717, 1.165) is 12.1 Å². The second-order valence-electron chi connectivity index (χ2n) is 7.64. The van der Waals surface area contributed by atoms with E-state index in [4.69, 9.17) is 4.74 Å². The zero-order chi connectivity index (χ0) is 21.8. The standard InChI is InChI=1S/C20H29N7O3/c1-13-10-16(24-26(13)4)19(29)27-8-6-14(12-27)17-15(18(28)21-7-9-30-5)11-22-20(23-17)25(2)3/h10-11,14H,6-9,12H2,1-5H3,(H,21,28). The van der Waals surface area contributed by atoms with Crippen molar-refractivity contribution in [3.8, 4) is 0 Å². The lowest BCUT2D eigenvalue weighted by Crippen LogP contribution is -2.31. The molecule has 0 aliphatic carbocycles. The Hall–Kier alpha value is -3.01.